The highest BCUT2D eigenvalue weighted by Gasteiger charge is 2.17. The van der Waals surface area contributed by atoms with Gasteiger partial charge in [0, 0.05) is 12.1 Å². The molecule has 4 nitrogen and oxygen atoms in total. The Morgan fingerprint density at radius 2 is 2.00 bits per heavy atom. The lowest BCUT2D eigenvalue weighted by atomic mass is 10.1. The van der Waals surface area contributed by atoms with Crippen LogP contribution in [0, 0.1) is 12.7 Å². The fourth-order valence-electron chi connectivity index (χ4n) is 2.47. The zero-order valence-corrected chi connectivity index (χ0v) is 14.5. The van der Waals surface area contributed by atoms with E-state index < -0.39 is 0 Å². The number of methoxy groups -OCH3 is 1. The van der Waals surface area contributed by atoms with Crippen LogP contribution in [0.15, 0.2) is 42.5 Å². The fourth-order valence-corrected chi connectivity index (χ4v) is 2.47. The third-order valence-corrected chi connectivity index (χ3v) is 3.99. The van der Waals surface area contributed by atoms with E-state index in [1.165, 1.54) is 6.07 Å². The van der Waals surface area contributed by atoms with Crippen LogP contribution in [-0.2, 0) is 0 Å². The molecule has 24 heavy (non-hydrogen) atoms. The van der Waals surface area contributed by atoms with Crippen LogP contribution >= 0.6 is 0 Å². The molecule has 0 radical (unpaired) electrons. The van der Waals surface area contributed by atoms with Crippen molar-refractivity contribution in [1.29, 1.82) is 0 Å². The molecule has 0 aliphatic rings. The number of ether oxygens (including phenoxy) is 1. The van der Waals surface area contributed by atoms with Gasteiger partial charge < -0.3 is 15.0 Å². The van der Waals surface area contributed by atoms with E-state index in [0.717, 1.165) is 11.3 Å². The SMILES string of the molecule is COc1cccc(C(CNC(=O)c2ccc(C)c(F)c2)N(C)C)c1. The number of rotatable bonds is 6. The van der Waals surface area contributed by atoms with Crippen LogP contribution < -0.4 is 10.1 Å². The number of hydrogen-bond donors (Lipinski definition) is 1. The number of amides is 1. The van der Waals surface area contributed by atoms with Crippen LogP contribution in [0.25, 0.3) is 0 Å². The zero-order valence-electron chi connectivity index (χ0n) is 14.5. The molecule has 0 aliphatic heterocycles. The van der Waals surface area contributed by atoms with E-state index in [-0.39, 0.29) is 17.8 Å². The highest BCUT2D eigenvalue weighted by Crippen LogP contribution is 2.22. The lowest BCUT2D eigenvalue weighted by molar-refractivity contribution is 0.0941. The van der Waals surface area contributed by atoms with Gasteiger partial charge in [-0.3, -0.25) is 4.79 Å². The molecule has 1 atom stereocenters. The number of nitrogens with one attached hydrogen (secondary N) is 1. The molecule has 0 spiro atoms. The van der Waals surface area contributed by atoms with Crippen LogP contribution in [0.2, 0.25) is 0 Å². The molecule has 128 valence electrons. The van der Waals surface area contributed by atoms with E-state index >= 15 is 0 Å². The summed E-state index contributed by atoms with van der Waals surface area (Å²) in [6.07, 6.45) is 0. The molecular formula is C19H23FN2O2. The summed E-state index contributed by atoms with van der Waals surface area (Å²) in [6.45, 7) is 2.08. The van der Waals surface area contributed by atoms with Gasteiger partial charge in [0.25, 0.3) is 5.91 Å². The summed E-state index contributed by atoms with van der Waals surface area (Å²) in [7, 11) is 5.52. The molecule has 0 aromatic heterocycles. The van der Waals surface area contributed by atoms with Crippen LogP contribution in [0.1, 0.15) is 27.5 Å². The Balaban J connectivity index is 2.10. The van der Waals surface area contributed by atoms with Gasteiger partial charge in [0.2, 0.25) is 0 Å². The maximum absolute atomic E-state index is 13.6. The molecule has 2 aromatic carbocycles. The lowest BCUT2D eigenvalue weighted by Crippen LogP contribution is -2.34. The molecule has 0 aliphatic carbocycles. The first-order valence-corrected chi connectivity index (χ1v) is 7.77. The number of nitrogens with zero attached hydrogens (tertiary/aromatic N) is 1. The molecular weight excluding hydrogens is 307 g/mol. The predicted octanol–water partition coefficient (Wildman–Crippen LogP) is 3.18. The largest absolute Gasteiger partial charge is 0.497 e. The number of benzene rings is 2. The number of likely N-dealkylation sites (N-methyl/N-ethyl adjacent to an activating group) is 1. The summed E-state index contributed by atoms with van der Waals surface area (Å²) in [4.78, 5) is 14.3. The number of aryl methyl sites for hydroxylation is 1. The van der Waals surface area contributed by atoms with Crippen molar-refractivity contribution in [3.05, 3.63) is 65.0 Å². The van der Waals surface area contributed by atoms with E-state index in [1.54, 1.807) is 26.2 Å². The Hall–Kier alpha value is -2.40. The Labute approximate surface area is 142 Å². The van der Waals surface area contributed by atoms with Crippen molar-refractivity contribution in [2.75, 3.05) is 27.7 Å². The number of halogens is 1. The Morgan fingerprint density at radius 3 is 2.62 bits per heavy atom. The van der Waals surface area contributed by atoms with Crippen LogP contribution in [-0.4, -0.2) is 38.6 Å². The van der Waals surface area contributed by atoms with E-state index in [4.69, 9.17) is 4.74 Å². The first-order chi connectivity index (χ1) is 11.4. The quantitative estimate of drug-likeness (QED) is 0.884. The minimum Gasteiger partial charge on any atom is -0.497 e. The molecule has 0 heterocycles. The topological polar surface area (TPSA) is 41.6 Å². The summed E-state index contributed by atoms with van der Waals surface area (Å²) >= 11 is 0. The van der Waals surface area contributed by atoms with Gasteiger partial charge in [-0.2, -0.15) is 0 Å². The maximum atomic E-state index is 13.6. The van der Waals surface area contributed by atoms with Gasteiger partial charge in [-0.1, -0.05) is 18.2 Å². The molecule has 2 rings (SSSR count). The van der Waals surface area contributed by atoms with E-state index in [1.807, 2.05) is 43.3 Å². The Kier molecular flexibility index (Phi) is 5.93. The molecule has 2 aromatic rings. The second-order valence-corrected chi connectivity index (χ2v) is 5.93. The Morgan fingerprint density at radius 1 is 1.25 bits per heavy atom. The fraction of sp³-hybridized carbons (Fsp3) is 0.316. The van der Waals surface area contributed by atoms with Crippen molar-refractivity contribution < 1.29 is 13.9 Å². The predicted molar refractivity (Wildman–Crippen MR) is 92.9 cm³/mol. The lowest BCUT2D eigenvalue weighted by Gasteiger charge is -2.25. The Bertz CT molecular complexity index is 716. The average Bonchev–Trinajstić information content (AvgIpc) is 2.57. The zero-order chi connectivity index (χ0) is 17.7. The molecule has 0 fully saturated rings. The van der Waals surface area contributed by atoms with Crippen molar-refractivity contribution in [1.82, 2.24) is 10.2 Å². The second kappa shape index (κ2) is 7.93. The molecule has 0 bridgehead atoms. The van der Waals surface area contributed by atoms with Crippen molar-refractivity contribution in [2.45, 2.75) is 13.0 Å². The molecule has 1 N–H and O–H groups in total. The molecule has 0 saturated carbocycles. The monoisotopic (exact) mass is 330 g/mol. The molecule has 0 saturated heterocycles. The van der Waals surface area contributed by atoms with Gasteiger partial charge in [0.15, 0.2) is 0 Å². The maximum Gasteiger partial charge on any atom is 0.251 e. The van der Waals surface area contributed by atoms with Crippen molar-refractivity contribution >= 4 is 5.91 Å². The highest BCUT2D eigenvalue weighted by atomic mass is 19.1. The van der Waals surface area contributed by atoms with Gasteiger partial charge in [0.1, 0.15) is 11.6 Å². The van der Waals surface area contributed by atoms with Crippen molar-refractivity contribution in [3.63, 3.8) is 0 Å². The molecule has 1 unspecified atom stereocenters. The van der Waals surface area contributed by atoms with Gasteiger partial charge in [-0.05, 0) is 56.4 Å². The van der Waals surface area contributed by atoms with Crippen LogP contribution in [0.4, 0.5) is 4.39 Å². The first kappa shape index (κ1) is 17.9. The van der Waals surface area contributed by atoms with E-state index in [2.05, 4.69) is 5.32 Å². The standard InChI is InChI=1S/C19H23FN2O2/c1-13-8-9-15(11-17(13)20)19(23)21-12-18(22(2)3)14-6-5-7-16(10-14)24-4/h5-11,18H,12H2,1-4H3,(H,21,23). The van der Waals surface area contributed by atoms with Gasteiger partial charge >= 0.3 is 0 Å². The highest BCUT2D eigenvalue weighted by molar-refractivity contribution is 5.94. The number of carbonyl (C=O) groups is 1. The van der Waals surface area contributed by atoms with Gasteiger partial charge in [-0.25, -0.2) is 4.39 Å². The summed E-state index contributed by atoms with van der Waals surface area (Å²) in [6, 6.07) is 12.2. The van der Waals surface area contributed by atoms with E-state index in [9.17, 15) is 9.18 Å². The smallest absolute Gasteiger partial charge is 0.251 e. The second-order valence-electron chi connectivity index (χ2n) is 5.93. The number of hydrogen-bond acceptors (Lipinski definition) is 3. The van der Waals surface area contributed by atoms with Crippen molar-refractivity contribution in [2.24, 2.45) is 0 Å². The van der Waals surface area contributed by atoms with Gasteiger partial charge in [-0.15, -0.1) is 0 Å². The van der Waals surface area contributed by atoms with E-state index in [0.29, 0.717) is 17.7 Å². The van der Waals surface area contributed by atoms with Gasteiger partial charge in [0.05, 0.1) is 13.2 Å². The number of carbonyl (C=O) groups excluding carboxylic acids is 1. The van der Waals surface area contributed by atoms with Crippen LogP contribution in [0.5, 0.6) is 5.75 Å². The third-order valence-electron chi connectivity index (χ3n) is 3.99. The minimum absolute atomic E-state index is 0.0145. The normalized spacial score (nSPS) is 12.1. The van der Waals surface area contributed by atoms with Crippen LogP contribution in [0.3, 0.4) is 0 Å². The molecule has 1 amide bonds. The summed E-state index contributed by atoms with van der Waals surface area (Å²) in [5.41, 5.74) is 1.88. The average molecular weight is 330 g/mol. The minimum atomic E-state index is -0.375. The summed E-state index contributed by atoms with van der Waals surface area (Å²) < 4.78 is 18.9. The third kappa shape index (κ3) is 4.32. The van der Waals surface area contributed by atoms with Crippen molar-refractivity contribution in [3.8, 4) is 5.75 Å². The first-order valence-electron chi connectivity index (χ1n) is 7.77. The summed E-state index contributed by atoms with van der Waals surface area (Å²) in [5.74, 6) is 0.106. The summed E-state index contributed by atoms with van der Waals surface area (Å²) in [5, 5.41) is 2.87. The molecule has 5 heteroatoms.